The molecule has 1 rings (SSSR count). The van der Waals surface area contributed by atoms with Gasteiger partial charge in [0.1, 0.15) is 6.04 Å². The van der Waals surface area contributed by atoms with Gasteiger partial charge in [-0.25, -0.2) is 0 Å². The van der Waals surface area contributed by atoms with Crippen LogP contribution >= 0.6 is 11.6 Å². The summed E-state index contributed by atoms with van der Waals surface area (Å²) in [5.41, 5.74) is 2.06. The van der Waals surface area contributed by atoms with E-state index in [-0.39, 0.29) is 0 Å². The summed E-state index contributed by atoms with van der Waals surface area (Å²) in [5, 5.41) is 9.77. The van der Waals surface area contributed by atoms with Gasteiger partial charge in [-0.05, 0) is 37.6 Å². The first-order valence-corrected chi connectivity index (χ1v) is 6.01. The Kier molecular flexibility index (Phi) is 4.97. The fraction of sp³-hybridized carbons (Fsp3) is 0.462. The number of carboxylic acid groups (broad SMARTS) is 1. The standard InChI is InChI=1S/C13H18ClNO2/c1-4-12(13(16)17)15(3)8-10-6-5-9(2)11(14)7-10/h5-7,12H,4,8H2,1-3H3,(H,16,17). The van der Waals surface area contributed by atoms with Crippen LogP contribution in [0.25, 0.3) is 0 Å². The van der Waals surface area contributed by atoms with Crippen molar-refractivity contribution in [2.24, 2.45) is 0 Å². The van der Waals surface area contributed by atoms with Gasteiger partial charge in [-0.2, -0.15) is 0 Å². The molecule has 4 heteroatoms. The highest BCUT2D eigenvalue weighted by Crippen LogP contribution is 2.18. The van der Waals surface area contributed by atoms with Gasteiger partial charge in [-0.1, -0.05) is 30.7 Å². The quantitative estimate of drug-likeness (QED) is 0.880. The second-order valence-corrected chi connectivity index (χ2v) is 4.67. The van der Waals surface area contributed by atoms with Crippen LogP contribution in [0.2, 0.25) is 5.02 Å². The third-order valence-electron chi connectivity index (χ3n) is 2.87. The number of carbonyl (C=O) groups is 1. The lowest BCUT2D eigenvalue weighted by Gasteiger charge is -2.23. The van der Waals surface area contributed by atoms with Crippen molar-refractivity contribution >= 4 is 17.6 Å². The van der Waals surface area contributed by atoms with Crippen LogP contribution in [0, 0.1) is 6.92 Å². The van der Waals surface area contributed by atoms with Crippen molar-refractivity contribution < 1.29 is 9.90 Å². The molecule has 0 aliphatic heterocycles. The molecule has 1 atom stereocenters. The number of aliphatic carboxylic acids is 1. The van der Waals surface area contributed by atoms with Crippen molar-refractivity contribution in [1.82, 2.24) is 4.90 Å². The first kappa shape index (κ1) is 14.0. The van der Waals surface area contributed by atoms with Gasteiger partial charge in [0.15, 0.2) is 0 Å². The number of benzene rings is 1. The highest BCUT2D eigenvalue weighted by molar-refractivity contribution is 6.31. The lowest BCUT2D eigenvalue weighted by molar-refractivity contribution is -0.143. The van der Waals surface area contributed by atoms with Crippen molar-refractivity contribution in [3.63, 3.8) is 0 Å². The minimum Gasteiger partial charge on any atom is -0.480 e. The molecule has 0 radical (unpaired) electrons. The molecule has 0 saturated heterocycles. The molecule has 0 saturated carbocycles. The van der Waals surface area contributed by atoms with Crippen LogP contribution < -0.4 is 0 Å². The molecule has 0 aliphatic rings. The van der Waals surface area contributed by atoms with E-state index in [0.29, 0.717) is 13.0 Å². The van der Waals surface area contributed by atoms with E-state index in [9.17, 15) is 4.79 Å². The summed E-state index contributed by atoms with van der Waals surface area (Å²) in [7, 11) is 1.82. The number of nitrogens with zero attached hydrogens (tertiary/aromatic N) is 1. The topological polar surface area (TPSA) is 40.5 Å². The Morgan fingerprint density at radius 2 is 2.18 bits per heavy atom. The number of hydrogen-bond donors (Lipinski definition) is 1. The number of carboxylic acids is 1. The average molecular weight is 256 g/mol. The molecule has 0 heterocycles. The van der Waals surface area contributed by atoms with E-state index in [2.05, 4.69) is 0 Å². The van der Waals surface area contributed by atoms with E-state index in [4.69, 9.17) is 16.7 Å². The van der Waals surface area contributed by atoms with Crippen molar-refractivity contribution in [2.75, 3.05) is 7.05 Å². The number of halogens is 1. The Morgan fingerprint density at radius 1 is 1.53 bits per heavy atom. The smallest absolute Gasteiger partial charge is 0.320 e. The number of hydrogen-bond acceptors (Lipinski definition) is 2. The number of aryl methyl sites for hydroxylation is 1. The van der Waals surface area contributed by atoms with Gasteiger partial charge >= 0.3 is 5.97 Å². The second-order valence-electron chi connectivity index (χ2n) is 4.26. The maximum absolute atomic E-state index is 11.0. The first-order valence-electron chi connectivity index (χ1n) is 5.63. The van der Waals surface area contributed by atoms with Crippen molar-refractivity contribution in [2.45, 2.75) is 32.9 Å². The molecule has 1 N–H and O–H groups in total. The van der Waals surface area contributed by atoms with Gasteiger partial charge in [0, 0.05) is 11.6 Å². The molecule has 94 valence electrons. The zero-order valence-electron chi connectivity index (χ0n) is 10.4. The van der Waals surface area contributed by atoms with Gasteiger partial charge in [0.05, 0.1) is 0 Å². The Labute approximate surface area is 107 Å². The van der Waals surface area contributed by atoms with Crippen LogP contribution in [-0.2, 0) is 11.3 Å². The van der Waals surface area contributed by atoms with Gasteiger partial charge in [-0.15, -0.1) is 0 Å². The summed E-state index contributed by atoms with van der Waals surface area (Å²) in [4.78, 5) is 12.8. The second kappa shape index (κ2) is 6.03. The minimum atomic E-state index is -0.784. The van der Waals surface area contributed by atoms with Crippen LogP contribution in [-0.4, -0.2) is 29.1 Å². The largest absolute Gasteiger partial charge is 0.480 e. The Morgan fingerprint density at radius 3 is 2.65 bits per heavy atom. The molecular formula is C13H18ClNO2. The van der Waals surface area contributed by atoms with Crippen molar-refractivity contribution in [1.29, 1.82) is 0 Å². The SMILES string of the molecule is CCC(C(=O)O)N(C)Cc1ccc(C)c(Cl)c1. The van der Waals surface area contributed by atoms with Crippen molar-refractivity contribution in [3.05, 3.63) is 34.3 Å². The van der Waals surface area contributed by atoms with E-state index in [1.165, 1.54) is 0 Å². The fourth-order valence-electron chi connectivity index (χ4n) is 1.81. The van der Waals surface area contributed by atoms with E-state index >= 15 is 0 Å². The molecule has 0 aliphatic carbocycles. The Hall–Kier alpha value is -1.06. The third kappa shape index (κ3) is 3.72. The fourth-order valence-corrected chi connectivity index (χ4v) is 2.01. The molecule has 17 heavy (non-hydrogen) atoms. The van der Waals surface area contributed by atoms with Crippen molar-refractivity contribution in [3.8, 4) is 0 Å². The van der Waals surface area contributed by atoms with E-state index in [1.54, 1.807) is 0 Å². The molecule has 1 unspecified atom stereocenters. The Bertz CT molecular complexity index is 406. The highest BCUT2D eigenvalue weighted by Gasteiger charge is 2.20. The van der Waals surface area contributed by atoms with Crippen LogP contribution in [0.5, 0.6) is 0 Å². The molecule has 3 nitrogen and oxygen atoms in total. The monoisotopic (exact) mass is 255 g/mol. The molecule has 1 aromatic rings. The lowest BCUT2D eigenvalue weighted by atomic mass is 10.1. The van der Waals surface area contributed by atoms with Crippen LogP contribution in [0.3, 0.4) is 0 Å². The average Bonchev–Trinajstić information content (AvgIpc) is 2.24. The Balaban J connectivity index is 2.76. The molecule has 1 aromatic carbocycles. The third-order valence-corrected chi connectivity index (χ3v) is 3.28. The van der Waals surface area contributed by atoms with Gasteiger partial charge < -0.3 is 5.11 Å². The predicted molar refractivity (Wildman–Crippen MR) is 69.4 cm³/mol. The molecule has 0 amide bonds. The molecule has 0 fully saturated rings. The summed E-state index contributed by atoms with van der Waals surface area (Å²) in [6.45, 7) is 4.41. The summed E-state index contributed by atoms with van der Waals surface area (Å²) in [6.07, 6.45) is 0.589. The van der Waals surface area contributed by atoms with E-state index in [0.717, 1.165) is 16.1 Å². The van der Waals surface area contributed by atoms with Crippen LogP contribution in [0.15, 0.2) is 18.2 Å². The zero-order valence-corrected chi connectivity index (χ0v) is 11.2. The predicted octanol–water partition coefficient (Wildman–Crippen LogP) is 2.94. The molecular weight excluding hydrogens is 238 g/mol. The molecule has 0 aromatic heterocycles. The van der Waals surface area contributed by atoms with Crippen LogP contribution in [0.4, 0.5) is 0 Å². The summed E-state index contributed by atoms with van der Waals surface area (Å²) < 4.78 is 0. The zero-order chi connectivity index (χ0) is 13.0. The number of rotatable bonds is 5. The molecule has 0 spiro atoms. The maximum atomic E-state index is 11.0. The van der Waals surface area contributed by atoms with Gasteiger partial charge in [-0.3, -0.25) is 9.69 Å². The number of likely N-dealkylation sites (N-methyl/N-ethyl adjacent to an activating group) is 1. The van der Waals surface area contributed by atoms with Gasteiger partial charge in [0.2, 0.25) is 0 Å². The summed E-state index contributed by atoms with van der Waals surface area (Å²) in [5.74, 6) is -0.784. The summed E-state index contributed by atoms with van der Waals surface area (Å²) >= 11 is 6.04. The normalized spacial score (nSPS) is 12.8. The van der Waals surface area contributed by atoms with E-state index < -0.39 is 12.0 Å². The summed E-state index contributed by atoms with van der Waals surface area (Å²) in [6, 6.07) is 5.37. The van der Waals surface area contributed by atoms with E-state index in [1.807, 2.05) is 44.0 Å². The first-order chi connectivity index (χ1) is 7.95. The highest BCUT2D eigenvalue weighted by atomic mass is 35.5. The van der Waals surface area contributed by atoms with Crippen LogP contribution in [0.1, 0.15) is 24.5 Å². The molecule has 0 bridgehead atoms. The minimum absolute atomic E-state index is 0.449. The maximum Gasteiger partial charge on any atom is 0.320 e. The van der Waals surface area contributed by atoms with Gasteiger partial charge in [0.25, 0.3) is 0 Å². The lowest BCUT2D eigenvalue weighted by Crippen LogP contribution is -2.37.